The van der Waals surface area contributed by atoms with Crippen molar-refractivity contribution in [2.45, 2.75) is 6.92 Å². The molecule has 1 aromatic carbocycles. The Labute approximate surface area is 96.5 Å². The fourth-order valence-electron chi connectivity index (χ4n) is 1.24. The third-order valence-electron chi connectivity index (χ3n) is 1.96. The molecule has 94 valence electrons. The van der Waals surface area contributed by atoms with Crippen molar-refractivity contribution < 1.29 is 18.4 Å². The van der Waals surface area contributed by atoms with Crippen LogP contribution in [0.3, 0.4) is 0 Å². The minimum absolute atomic E-state index is 0.0948. The van der Waals surface area contributed by atoms with E-state index in [2.05, 4.69) is 5.32 Å². The van der Waals surface area contributed by atoms with Gasteiger partial charge in [-0.2, -0.15) is 4.39 Å². The van der Waals surface area contributed by atoms with Crippen molar-refractivity contribution in [2.75, 3.05) is 19.7 Å². The molecule has 0 saturated carbocycles. The number of nitrogens with zero attached hydrogens (tertiary/aromatic N) is 1. The summed E-state index contributed by atoms with van der Waals surface area (Å²) in [5.74, 6) is -2.55. The average Bonchev–Trinajstić information content (AvgIpc) is 2.22. The van der Waals surface area contributed by atoms with Gasteiger partial charge in [0, 0.05) is 18.7 Å². The van der Waals surface area contributed by atoms with Crippen LogP contribution in [0.2, 0.25) is 0 Å². The predicted octanol–water partition coefficient (Wildman–Crippen LogP) is 1.86. The Hall–Kier alpha value is -1.76. The molecule has 7 heteroatoms. The SMILES string of the molecule is CCNCCOc1cc(F)cc(F)c1[N+](=O)[O-]. The van der Waals surface area contributed by atoms with Gasteiger partial charge in [-0.25, -0.2) is 4.39 Å². The Balaban J connectivity index is 2.85. The van der Waals surface area contributed by atoms with Crippen molar-refractivity contribution in [3.63, 3.8) is 0 Å². The maximum atomic E-state index is 13.2. The Morgan fingerprint density at radius 2 is 2.18 bits per heavy atom. The lowest BCUT2D eigenvalue weighted by Gasteiger charge is -2.07. The van der Waals surface area contributed by atoms with E-state index in [4.69, 9.17) is 4.74 Å². The molecule has 0 spiro atoms. The Kier molecular flexibility index (Phi) is 4.77. The molecule has 1 N–H and O–H groups in total. The van der Waals surface area contributed by atoms with Crippen molar-refractivity contribution >= 4 is 5.69 Å². The predicted molar refractivity (Wildman–Crippen MR) is 57.1 cm³/mol. The van der Waals surface area contributed by atoms with E-state index in [9.17, 15) is 18.9 Å². The van der Waals surface area contributed by atoms with Crippen LogP contribution in [0.4, 0.5) is 14.5 Å². The molecule has 0 bridgehead atoms. The van der Waals surface area contributed by atoms with Crippen LogP contribution < -0.4 is 10.1 Å². The van der Waals surface area contributed by atoms with Gasteiger partial charge in [0.2, 0.25) is 11.6 Å². The molecule has 0 fully saturated rings. The molecule has 0 aromatic heterocycles. The molecule has 0 amide bonds. The zero-order chi connectivity index (χ0) is 12.8. The molecule has 0 unspecified atom stereocenters. The first-order valence-corrected chi connectivity index (χ1v) is 5.03. The van der Waals surface area contributed by atoms with Gasteiger partial charge in [-0.3, -0.25) is 10.1 Å². The summed E-state index contributed by atoms with van der Waals surface area (Å²) >= 11 is 0. The zero-order valence-corrected chi connectivity index (χ0v) is 9.20. The fraction of sp³-hybridized carbons (Fsp3) is 0.400. The highest BCUT2D eigenvalue weighted by Gasteiger charge is 2.23. The summed E-state index contributed by atoms with van der Waals surface area (Å²) in [4.78, 5) is 9.66. The van der Waals surface area contributed by atoms with Gasteiger partial charge in [-0.1, -0.05) is 6.92 Å². The Morgan fingerprint density at radius 1 is 1.47 bits per heavy atom. The maximum absolute atomic E-state index is 13.2. The fourth-order valence-corrected chi connectivity index (χ4v) is 1.24. The number of benzene rings is 1. The highest BCUT2D eigenvalue weighted by atomic mass is 19.1. The number of likely N-dealkylation sites (N-methyl/N-ethyl adjacent to an activating group) is 1. The second-order valence-electron chi connectivity index (χ2n) is 3.19. The summed E-state index contributed by atoms with van der Waals surface area (Å²) in [6, 6.07) is 1.25. The van der Waals surface area contributed by atoms with Crippen molar-refractivity contribution in [3.05, 3.63) is 33.9 Å². The molecule has 0 aliphatic rings. The van der Waals surface area contributed by atoms with E-state index in [1.807, 2.05) is 6.92 Å². The molecule has 0 aliphatic carbocycles. The minimum Gasteiger partial charge on any atom is -0.485 e. The standard InChI is InChI=1S/C10H12F2N2O3/c1-2-13-3-4-17-9-6-7(11)5-8(12)10(9)14(15)16/h5-6,13H,2-4H2,1H3. The van der Waals surface area contributed by atoms with E-state index in [0.717, 1.165) is 6.07 Å². The van der Waals surface area contributed by atoms with Gasteiger partial charge in [-0.05, 0) is 6.54 Å². The quantitative estimate of drug-likeness (QED) is 0.472. The molecule has 5 nitrogen and oxygen atoms in total. The summed E-state index contributed by atoms with van der Waals surface area (Å²) in [5, 5.41) is 13.5. The maximum Gasteiger partial charge on any atom is 0.346 e. The smallest absolute Gasteiger partial charge is 0.346 e. The molecule has 1 rings (SSSR count). The summed E-state index contributed by atoms with van der Waals surface area (Å²) in [5.41, 5.74) is -0.845. The molecule has 17 heavy (non-hydrogen) atoms. The van der Waals surface area contributed by atoms with Gasteiger partial charge in [0.25, 0.3) is 0 Å². The summed E-state index contributed by atoms with van der Waals surface area (Å²) in [7, 11) is 0. The van der Waals surface area contributed by atoms with E-state index in [1.165, 1.54) is 0 Å². The number of halogens is 2. The lowest BCUT2D eigenvalue weighted by atomic mass is 10.2. The normalized spacial score (nSPS) is 10.3. The van der Waals surface area contributed by atoms with Crippen LogP contribution in [0.5, 0.6) is 5.75 Å². The van der Waals surface area contributed by atoms with Crippen molar-refractivity contribution in [1.29, 1.82) is 0 Å². The molecular formula is C10H12F2N2O3. The van der Waals surface area contributed by atoms with Crippen LogP contribution in [0.15, 0.2) is 12.1 Å². The number of nitro benzene ring substituents is 1. The largest absolute Gasteiger partial charge is 0.485 e. The topological polar surface area (TPSA) is 64.4 Å². The van der Waals surface area contributed by atoms with Crippen molar-refractivity contribution in [2.24, 2.45) is 0 Å². The highest BCUT2D eigenvalue weighted by molar-refractivity contribution is 5.47. The third kappa shape index (κ3) is 3.63. The van der Waals surface area contributed by atoms with Gasteiger partial charge in [0.05, 0.1) is 4.92 Å². The average molecular weight is 246 g/mol. The number of hydrogen-bond acceptors (Lipinski definition) is 4. The van der Waals surface area contributed by atoms with Gasteiger partial charge >= 0.3 is 5.69 Å². The Bertz CT molecular complexity index is 413. The number of nitrogens with one attached hydrogen (secondary N) is 1. The van der Waals surface area contributed by atoms with Crippen LogP contribution in [-0.4, -0.2) is 24.6 Å². The summed E-state index contributed by atoms with van der Waals surface area (Å²) in [6.45, 7) is 3.12. The molecule has 0 radical (unpaired) electrons. The second kappa shape index (κ2) is 6.09. The van der Waals surface area contributed by atoms with E-state index in [-0.39, 0.29) is 6.61 Å². The molecule has 0 atom stereocenters. The summed E-state index contributed by atoms with van der Waals surface area (Å²) in [6.07, 6.45) is 0. The minimum atomic E-state index is -1.24. The third-order valence-corrected chi connectivity index (χ3v) is 1.96. The lowest BCUT2D eigenvalue weighted by molar-refractivity contribution is -0.388. The highest BCUT2D eigenvalue weighted by Crippen LogP contribution is 2.30. The number of nitro groups is 1. The monoisotopic (exact) mass is 246 g/mol. The van der Waals surface area contributed by atoms with E-state index >= 15 is 0 Å². The van der Waals surface area contributed by atoms with Crippen molar-refractivity contribution in [1.82, 2.24) is 5.32 Å². The van der Waals surface area contributed by atoms with Gasteiger partial charge in [-0.15, -0.1) is 0 Å². The van der Waals surface area contributed by atoms with Crippen LogP contribution in [-0.2, 0) is 0 Å². The van der Waals surface area contributed by atoms with E-state index in [0.29, 0.717) is 19.2 Å². The Morgan fingerprint density at radius 3 is 2.76 bits per heavy atom. The van der Waals surface area contributed by atoms with E-state index < -0.39 is 28.0 Å². The first-order valence-electron chi connectivity index (χ1n) is 5.03. The van der Waals surface area contributed by atoms with Crippen LogP contribution in [0, 0.1) is 21.7 Å². The zero-order valence-electron chi connectivity index (χ0n) is 9.20. The number of hydrogen-bond donors (Lipinski definition) is 1. The van der Waals surface area contributed by atoms with Gasteiger partial charge in [0.1, 0.15) is 12.4 Å². The van der Waals surface area contributed by atoms with Crippen LogP contribution in [0.1, 0.15) is 6.92 Å². The molecule has 0 saturated heterocycles. The molecule has 0 aliphatic heterocycles. The first-order chi connectivity index (χ1) is 8.06. The number of ether oxygens (including phenoxy) is 1. The van der Waals surface area contributed by atoms with Crippen LogP contribution >= 0.6 is 0 Å². The molecule has 0 heterocycles. The van der Waals surface area contributed by atoms with Gasteiger partial charge < -0.3 is 10.1 Å². The number of rotatable bonds is 6. The lowest BCUT2D eigenvalue weighted by Crippen LogP contribution is -2.20. The molecule has 1 aromatic rings. The summed E-state index contributed by atoms with van der Waals surface area (Å²) < 4.78 is 31.0. The second-order valence-corrected chi connectivity index (χ2v) is 3.19. The van der Waals surface area contributed by atoms with E-state index in [1.54, 1.807) is 0 Å². The first kappa shape index (κ1) is 13.3. The molecular weight excluding hydrogens is 234 g/mol. The van der Waals surface area contributed by atoms with Crippen LogP contribution in [0.25, 0.3) is 0 Å². The van der Waals surface area contributed by atoms with Gasteiger partial charge in [0.15, 0.2) is 0 Å². The van der Waals surface area contributed by atoms with Crippen molar-refractivity contribution in [3.8, 4) is 5.75 Å².